The maximum absolute atomic E-state index is 6.22. The summed E-state index contributed by atoms with van der Waals surface area (Å²) >= 11 is 0. The second-order valence-electron chi connectivity index (χ2n) is 5.62. The summed E-state index contributed by atoms with van der Waals surface area (Å²) in [6, 6.07) is 9.39. The van der Waals surface area contributed by atoms with E-state index in [1.807, 2.05) is 12.1 Å². The Balaban J connectivity index is 1.96. The SMILES string of the molecule is C=CCc1ccccc1O[SiH](CC1CCCCC1)OC. The fourth-order valence-electron chi connectivity index (χ4n) is 2.97. The molecule has 3 heteroatoms. The number of para-hydroxylation sites is 1. The van der Waals surface area contributed by atoms with E-state index < -0.39 is 9.28 Å². The average Bonchev–Trinajstić information content (AvgIpc) is 2.50. The second-order valence-corrected chi connectivity index (χ2v) is 7.66. The van der Waals surface area contributed by atoms with Crippen molar-refractivity contribution in [2.75, 3.05) is 7.11 Å². The summed E-state index contributed by atoms with van der Waals surface area (Å²) in [4.78, 5) is 0. The van der Waals surface area contributed by atoms with E-state index in [1.54, 1.807) is 7.11 Å². The summed E-state index contributed by atoms with van der Waals surface area (Å²) in [6.07, 6.45) is 9.63. The lowest BCUT2D eigenvalue weighted by Crippen LogP contribution is -2.28. The Morgan fingerprint density at radius 3 is 2.70 bits per heavy atom. The van der Waals surface area contributed by atoms with Gasteiger partial charge in [-0.15, -0.1) is 6.58 Å². The third-order valence-electron chi connectivity index (χ3n) is 4.11. The molecule has 0 heterocycles. The average molecular weight is 290 g/mol. The molecule has 0 N–H and O–H groups in total. The highest BCUT2D eigenvalue weighted by atomic mass is 28.3. The second kappa shape index (κ2) is 8.27. The first-order valence-electron chi connectivity index (χ1n) is 7.71. The van der Waals surface area contributed by atoms with Gasteiger partial charge in [0.25, 0.3) is 0 Å². The van der Waals surface area contributed by atoms with E-state index in [2.05, 4.69) is 24.8 Å². The van der Waals surface area contributed by atoms with Gasteiger partial charge in [-0.05, 0) is 24.0 Å². The molecule has 1 aromatic rings. The summed E-state index contributed by atoms with van der Waals surface area (Å²) in [5.41, 5.74) is 1.21. The van der Waals surface area contributed by atoms with Crippen molar-refractivity contribution in [3.05, 3.63) is 42.5 Å². The van der Waals surface area contributed by atoms with E-state index in [4.69, 9.17) is 8.85 Å². The fraction of sp³-hybridized carbons (Fsp3) is 0.529. The molecule has 0 bridgehead atoms. The smallest absolute Gasteiger partial charge is 0.382 e. The van der Waals surface area contributed by atoms with Crippen LogP contribution in [0, 0.1) is 5.92 Å². The van der Waals surface area contributed by atoms with Crippen LogP contribution in [0.5, 0.6) is 5.75 Å². The van der Waals surface area contributed by atoms with Crippen LogP contribution in [0.3, 0.4) is 0 Å². The van der Waals surface area contributed by atoms with Crippen LogP contribution in [-0.4, -0.2) is 16.4 Å². The Kier molecular flexibility index (Phi) is 6.34. The Morgan fingerprint density at radius 1 is 1.25 bits per heavy atom. The third-order valence-corrected chi connectivity index (χ3v) is 6.20. The number of allylic oxidation sites excluding steroid dienone is 1. The van der Waals surface area contributed by atoms with Crippen molar-refractivity contribution in [3.8, 4) is 5.75 Å². The minimum atomic E-state index is -1.60. The minimum absolute atomic E-state index is 0.812. The lowest BCUT2D eigenvalue weighted by Gasteiger charge is -2.25. The zero-order valence-corrected chi connectivity index (χ0v) is 13.7. The molecule has 0 aliphatic heterocycles. The van der Waals surface area contributed by atoms with Gasteiger partial charge in [-0.2, -0.15) is 0 Å². The molecule has 0 saturated heterocycles. The van der Waals surface area contributed by atoms with Gasteiger partial charge in [0.15, 0.2) is 0 Å². The van der Waals surface area contributed by atoms with E-state index in [0.29, 0.717) is 0 Å². The summed E-state index contributed by atoms with van der Waals surface area (Å²) in [5, 5.41) is 0. The normalized spacial score (nSPS) is 17.6. The van der Waals surface area contributed by atoms with Crippen molar-refractivity contribution in [1.29, 1.82) is 0 Å². The topological polar surface area (TPSA) is 18.5 Å². The summed E-state index contributed by atoms with van der Waals surface area (Å²) in [6.45, 7) is 3.81. The standard InChI is InChI=1S/C17H26O2Si/c1-3-9-16-12-7-8-13-17(16)19-20(18-2)14-15-10-5-4-6-11-15/h3,7-8,12-13,15,20H,1,4-6,9-11,14H2,2H3. The molecular formula is C17H26O2Si. The lowest BCUT2D eigenvalue weighted by atomic mass is 9.91. The first kappa shape index (κ1) is 15.3. The minimum Gasteiger partial charge on any atom is -0.522 e. The summed E-state index contributed by atoms with van der Waals surface area (Å²) < 4.78 is 11.9. The molecule has 0 amide bonds. The Hall–Kier alpha value is -1.06. The van der Waals surface area contributed by atoms with Crippen molar-refractivity contribution in [2.45, 2.75) is 44.6 Å². The Morgan fingerprint density at radius 2 is 2.00 bits per heavy atom. The lowest BCUT2D eigenvalue weighted by molar-refractivity contribution is 0.302. The quantitative estimate of drug-likeness (QED) is 0.552. The molecule has 1 aliphatic rings. The number of hydrogen-bond donors (Lipinski definition) is 0. The van der Waals surface area contributed by atoms with Crippen LogP contribution in [0.4, 0.5) is 0 Å². The molecule has 0 radical (unpaired) electrons. The largest absolute Gasteiger partial charge is 0.522 e. The van der Waals surface area contributed by atoms with Gasteiger partial charge in [0.05, 0.1) is 0 Å². The van der Waals surface area contributed by atoms with Gasteiger partial charge in [0.2, 0.25) is 0 Å². The van der Waals surface area contributed by atoms with Gasteiger partial charge in [-0.25, -0.2) is 0 Å². The van der Waals surface area contributed by atoms with E-state index in [9.17, 15) is 0 Å². The van der Waals surface area contributed by atoms with Gasteiger partial charge in [-0.1, -0.05) is 56.4 Å². The van der Waals surface area contributed by atoms with Crippen molar-refractivity contribution < 1.29 is 8.85 Å². The molecular weight excluding hydrogens is 264 g/mol. The Bertz CT molecular complexity index is 413. The van der Waals surface area contributed by atoms with Gasteiger partial charge in [0, 0.05) is 13.2 Å². The maximum atomic E-state index is 6.22. The van der Waals surface area contributed by atoms with Crippen LogP contribution in [0.1, 0.15) is 37.7 Å². The molecule has 1 atom stereocenters. The van der Waals surface area contributed by atoms with Crippen LogP contribution >= 0.6 is 0 Å². The zero-order chi connectivity index (χ0) is 14.2. The molecule has 1 aromatic carbocycles. The van der Waals surface area contributed by atoms with E-state index in [0.717, 1.165) is 24.1 Å². The van der Waals surface area contributed by atoms with Gasteiger partial charge >= 0.3 is 9.28 Å². The van der Waals surface area contributed by atoms with Gasteiger partial charge < -0.3 is 8.85 Å². The molecule has 1 aliphatic carbocycles. The highest BCUT2D eigenvalue weighted by Gasteiger charge is 2.23. The van der Waals surface area contributed by atoms with Gasteiger partial charge in [-0.3, -0.25) is 0 Å². The van der Waals surface area contributed by atoms with Crippen molar-refractivity contribution in [2.24, 2.45) is 5.92 Å². The molecule has 1 fully saturated rings. The molecule has 0 aromatic heterocycles. The Labute approximate surface area is 124 Å². The van der Waals surface area contributed by atoms with E-state index in [-0.39, 0.29) is 0 Å². The predicted molar refractivity (Wildman–Crippen MR) is 86.5 cm³/mol. The molecule has 1 unspecified atom stereocenters. The summed E-state index contributed by atoms with van der Waals surface area (Å²) in [7, 11) is 0.201. The van der Waals surface area contributed by atoms with Crippen molar-refractivity contribution in [1.82, 2.24) is 0 Å². The van der Waals surface area contributed by atoms with Crippen molar-refractivity contribution >= 4 is 9.28 Å². The highest BCUT2D eigenvalue weighted by Crippen LogP contribution is 2.29. The van der Waals surface area contributed by atoms with Crippen LogP contribution in [0.2, 0.25) is 6.04 Å². The molecule has 2 rings (SSSR count). The van der Waals surface area contributed by atoms with Crippen LogP contribution in [0.15, 0.2) is 36.9 Å². The van der Waals surface area contributed by atoms with Crippen LogP contribution < -0.4 is 4.43 Å². The zero-order valence-electron chi connectivity index (χ0n) is 12.5. The molecule has 2 nitrogen and oxygen atoms in total. The van der Waals surface area contributed by atoms with Gasteiger partial charge in [0.1, 0.15) is 5.75 Å². The first-order valence-corrected chi connectivity index (χ1v) is 9.47. The number of rotatable bonds is 7. The molecule has 20 heavy (non-hydrogen) atoms. The maximum Gasteiger partial charge on any atom is 0.382 e. The molecule has 1 saturated carbocycles. The molecule has 110 valence electrons. The van der Waals surface area contributed by atoms with E-state index >= 15 is 0 Å². The van der Waals surface area contributed by atoms with E-state index in [1.165, 1.54) is 37.7 Å². The monoisotopic (exact) mass is 290 g/mol. The first-order chi connectivity index (χ1) is 9.83. The summed E-state index contributed by atoms with van der Waals surface area (Å²) in [5.74, 6) is 1.80. The van der Waals surface area contributed by atoms with Crippen LogP contribution in [-0.2, 0) is 10.8 Å². The highest BCUT2D eigenvalue weighted by molar-refractivity contribution is 6.45. The fourth-order valence-corrected chi connectivity index (χ4v) is 4.89. The molecule has 0 spiro atoms. The number of benzene rings is 1. The predicted octanol–water partition coefficient (Wildman–Crippen LogP) is 4.24. The van der Waals surface area contributed by atoms with Crippen LogP contribution in [0.25, 0.3) is 0 Å². The third kappa shape index (κ3) is 4.49. The van der Waals surface area contributed by atoms with Crippen molar-refractivity contribution in [3.63, 3.8) is 0 Å². The number of hydrogen-bond acceptors (Lipinski definition) is 2.